The molecule has 1 fully saturated rings. The van der Waals surface area contributed by atoms with E-state index in [1.807, 2.05) is 37.4 Å². The Morgan fingerprint density at radius 2 is 1.93 bits per heavy atom. The Balaban J connectivity index is 1.54. The van der Waals surface area contributed by atoms with E-state index < -0.39 is 12.1 Å². The average Bonchev–Trinajstić information content (AvgIpc) is 3.18. The van der Waals surface area contributed by atoms with Crippen molar-refractivity contribution in [3.63, 3.8) is 0 Å². The van der Waals surface area contributed by atoms with Crippen LogP contribution >= 0.6 is 0 Å². The lowest BCUT2D eigenvalue weighted by molar-refractivity contribution is -0.132. The predicted octanol–water partition coefficient (Wildman–Crippen LogP) is 2.96. The summed E-state index contributed by atoms with van der Waals surface area (Å²) >= 11 is 0. The number of fused-ring (bicyclic) bond motifs is 1. The minimum absolute atomic E-state index is 0.0176. The zero-order valence-corrected chi connectivity index (χ0v) is 17.3. The van der Waals surface area contributed by atoms with Crippen LogP contribution in [-0.4, -0.2) is 46.4 Å². The van der Waals surface area contributed by atoms with E-state index in [1.165, 1.54) is 0 Å². The molecule has 1 aromatic heterocycles. The van der Waals surface area contributed by atoms with Gasteiger partial charge in [0.1, 0.15) is 12.6 Å². The van der Waals surface area contributed by atoms with Crippen LogP contribution in [0.1, 0.15) is 45.6 Å². The highest BCUT2D eigenvalue weighted by Gasteiger charge is 2.39. The van der Waals surface area contributed by atoms with Crippen LogP contribution in [0.3, 0.4) is 0 Å². The predicted molar refractivity (Wildman–Crippen MR) is 112 cm³/mol. The van der Waals surface area contributed by atoms with E-state index in [-0.39, 0.29) is 24.4 Å². The Morgan fingerprint density at radius 1 is 1.17 bits per heavy atom. The lowest BCUT2D eigenvalue weighted by atomic mass is 10.0. The molecule has 0 bridgehead atoms. The third-order valence-electron chi connectivity index (χ3n) is 5.33. The van der Waals surface area contributed by atoms with Gasteiger partial charge in [-0.1, -0.05) is 44.9 Å². The van der Waals surface area contributed by atoms with Gasteiger partial charge < -0.3 is 15.6 Å². The molecule has 2 aromatic rings. The van der Waals surface area contributed by atoms with Gasteiger partial charge in [-0.05, 0) is 30.9 Å². The molecule has 0 saturated carbocycles. The fourth-order valence-corrected chi connectivity index (χ4v) is 3.75. The van der Waals surface area contributed by atoms with Crippen molar-refractivity contribution in [1.82, 2.24) is 20.5 Å². The van der Waals surface area contributed by atoms with Crippen LogP contribution < -0.4 is 10.6 Å². The maximum Gasteiger partial charge on any atom is 0.325 e. The molecule has 1 aromatic carbocycles. The smallest absolute Gasteiger partial charge is 0.325 e. The molecule has 2 heterocycles. The normalized spacial score (nSPS) is 17.8. The summed E-state index contributed by atoms with van der Waals surface area (Å²) < 4.78 is 0. The number of nitrogens with one attached hydrogen (secondary N) is 3. The second kappa shape index (κ2) is 9.11. The number of carbonyl (C=O) groups is 3. The molecule has 0 spiro atoms. The topological polar surface area (TPSA) is 94.3 Å². The fraction of sp³-hybridized carbons (Fsp3) is 0.500. The average molecular weight is 399 g/mol. The highest BCUT2D eigenvalue weighted by molar-refractivity contribution is 6.06. The molecule has 0 aliphatic carbocycles. The summed E-state index contributed by atoms with van der Waals surface area (Å²) in [5.41, 5.74) is 1.95. The number of imide groups is 1. The van der Waals surface area contributed by atoms with Gasteiger partial charge in [-0.3, -0.25) is 14.5 Å². The molecule has 3 rings (SSSR count). The lowest BCUT2D eigenvalue weighted by Gasteiger charge is -2.17. The van der Waals surface area contributed by atoms with Crippen molar-refractivity contribution in [2.75, 3.05) is 6.54 Å². The fourth-order valence-electron chi connectivity index (χ4n) is 3.75. The molecule has 1 saturated heterocycles. The van der Waals surface area contributed by atoms with Crippen molar-refractivity contribution < 1.29 is 14.4 Å². The number of hydrogen-bond acceptors (Lipinski definition) is 3. The molecule has 156 valence electrons. The van der Waals surface area contributed by atoms with Gasteiger partial charge >= 0.3 is 6.03 Å². The quantitative estimate of drug-likeness (QED) is 0.567. The van der Waals surface area contributed by atoms with Crippen molar-refractivity contribution in [3.05, 3.63) is 36.0 Å². The molecule has 2 atom stereocenters. The standard InChI is InChI=1S/C22H30N4O3/c1-14(2)7-6-8-15(3)24-20(27)13-26-21(28)19(25-22(26)29)11-16-12-23-18-10-5-4-9-17(16)18/h4-5,9-10,12,14-15,19,23H,6-8,11,13H2,1-3H3,(H,24,27)(H,25,29)/t15-,19-/m0/s1. The molecule has 7 nitrogen and oxygen atoms in total. The van der Waals surface area contributed by atoms with Crippen LogP contribution in [0.25, 0.3) is 10.9 Å². The Morgan fingerprint density at radius 3 is 2.69 bits per heavy atom. The maximum atomic E-state index is 12.7. The first-order chi connectivity index (χ1) is 13.8. The van der Waals surface area contributed by atoms with E-state index in [0.717, 1.165) is 40.6 Å². The first-order valence-electron chi connectivity index (χ1n) is 10.3. The number of benzene rings is 1. The molecule has 3 N–H and O–H groups in total. The summed E-state index contributed by atoms with van der Waals surface area (Å²) in [6.45, 7) is 6.05. The maximum absolute atomic E-state index is 12.7. The van der Waals surface area contributed by atoms with Crippen molar-refractivity contribution in [3.8, 4) is 0 Å². The monoisotopic (exact) mass is 398 g/mol. The minimum atomic E-state index is -0.655. The summed E-state index contributed by atoms with van der Waals surface area (Å²) in [5, 5.41) is 6.62. The summed E-state index contributed by atoms with van der Waals surface area (Å²) in [6.07, 6.45) is 5.28. The number of amides is 4. The Hall–Kier alpha value is -2.83. The number of hydrogen-bond donors (Lipinski definition) is 3. The summed E-state index contributed by atoms with van der Waals surface area (Å²) in [6, 6.07) is 6.67. The number of carbonyl (C=O) groups excluding carboxylic acids is 3. The Kier molecular flexibility index (Phi) is 6.56. The van der Waals surface area contributed by atoms with Crippen LogP contribution in [-0.2, 0) is 16.0 Å². The molecular formula is C22H30N4O3. The molecule has 0 unspecified atom stereocenters. The van der Waals surface area contributed by atoms with Gasteiger partial charge in [0.15, 0.2) is 0 Å². The Labute approximate surface area is 171 Å². The van der Waals surface area contributed by atoms with Crippen LogP contribution in [0, 0.1) is 5.92 Å². The molecule has 7 heteroatoms. The van der Waals surface area contributed by atoms with Gasteiger partial charge in [-0.25, -0.2) is 4.79 Å². The first kappa shape index (κ1) is 20.9. The molecule has 1 aliphatic rings. The third kappa shape index (κ3) is 5.16. The van der Waals surface area contributed by atoms with E-state index in [0.29, 0.717) is 12.3 Å². The van der Waals surface area contributed by atoms with Crippen molar-refractivity contribution >= 4 is 28.7 Å². The SMILES string of the molecule is CC(C)CCC[C@H](C)NC(=O)CN1C(=O)N[C@@H](Cc2c[nH]c3ccccc23)C1=O. The number of aromatic nitrogens is 1. The minimum Gasteiger partial charge on any atom is -0.361 e. The van der Waals surface area contributed by atoms with Gasteiger partial charge in [0.25, 0.3) is 5.91 Å². The second-order valence-electron chi connectivity index (χ2n) is 8.28. The number of urea groups is 1. The van der Waals surface area contributed by atoms with E-state index in [2.05, 4.69) is 29.5 Å². The van der Waals surface area contributed by atoms with Gasteiger partial charge in [0.05, 0.1) is 0 Å². The summed E-state index contributed by atoms with van der Waals surface area (Å²) in [4.78, 5) is 41.5. The van der Waals surface area contributed by atoms with Gasteiger partial charge in [0.2, 0.25) is 5.91 Å². The number of nitrogens with zero attached hydrogens (tertiary/aromatic N) is 1. The highest BCUT2D eigenvalue weighted by Crippen LogP contribution is 2.21. The van der Waals surface area contributed by atoms with Crippen molar-refractivity contribution in [2.24, 2.45) is 5.92 Å². The lowest BCUT2D eigenvalue weighted by Crippen LogP contribution is -2.43. The van der Waals surface area contributed by atoms with Gasteiger partial charge in [0, 0.05) is 29.6 Å². The van der Waals surface area contributed by atoms with Crippen molar-refractivity contribution in [2.45, 2.75) is 58.5 Å². The number of para-hydroxylation sites is 1. The molecule has 29 heavy (non-hydrogen) atoms. The van der Waals surface area contributed by atoms with Crippen LogP contribution in [0.4, 0.5) is 4.79 Å². The molecule has 1 aliphatic heterocycles. The zero-order chi connectivity index (χ0) is 21.0. The van der Waals surface area contributed by atoms with Crippen molar-refractivity contribution in [1.29, 1.82) is 0 Å². The largest absolute Gasteiger partial charge is 0.361 e. The first-order valence-corrected chi connectivity index (χ1v) is 10.3. The van der Waals surface area contributed by atoms with Crippen LogP contribution in [0.15, 0.2) is 30.5 Å². The highest BCUT2D eigenvalue weighted by atomic mass is 16.2. The molecular weight excluding hydrogens is 368 g/mol. The van der Waals surface area contributed by atoms with E-state index in [1.54, 1.807) is 0 Å². The second-order valence-corrected chi connectivity index (χ2v) is 8.28. The number of H-pyrrole nitrogens is 1. The van der Waals surface area contributed by atoms with E-state index in [4.69, 9.17) is 0 Å². The van der Waals surface area contributed by atoms with E-state index in [9.17, 15) is 14.4 Å². The Bertz CT molecular complexity index is 889. The number of aromatic amines is 1. The molecule has 0 radical (unpaired) electrons. The van der Waals surface area contributed by atoms with Gasteiger partial charge in [-0.15, -0.1) is 0 Å². The van der Waals surface area contributed by atoms with E-state index >= 15 is 0 Å². The molecule has 4 amide bonds. The summed E-state index contributed by atoms with van der Waals surface area (Å²) in [7, 11) is 0. The zero-order valence-electron chi connectivity index (χ0n) is 17.3. The number of rotatable bonds is 9. The van der Waals surface area contributed by atoms with Gasteiger partial charge in [-0.2, -0.15) is 0 Å². The van der Waals surface area contributed by atoms with Crippen LogP contribution in [0.2, 0.25) is 0 Å². The summed E-state index contributed by atoms with van der Waals surface area (Å²) in [5.74, 6) is -0.0286. The van der Waals surface area contributed by atoms with Crippen LogP contribution in [0.5, 0.6) is 0 Å². The third-order valence-corrected chi connectivity index (χ3v) is 5.33.